The Labute approximate surface area is 270 Å². The summed E-state index contributed by atoms with van der Waals surface area (Å²) in [5, 5.41) is 8.76. The lowest BCUT2D eigenvalue weighted by Gasteiger charge is -2.38. The molecule has 5 rings (SSSR count). The highest BCUT2D eigenvalue weighted by atomic mass is 35.5. The summed E-state index contributed by atoms with van der Waals surface area (Å²) in [6.45, 7) is 8.70. The number of hydrogen-bond donors (Lipinski definition) is 2. The number of ether oxygens (including phenoxy) is 4. The standard InChI is InChI=1S/C32H45ClN8O4/c1-22(10-13-42-3)45-31-29(20-41(39-31)27-7-5-26(6-8-27)40-11-14-43-15-12-40)38-32-36-18-25(19-37-32)24-4-9-28(33)30(16-24)44-23(2)17-35-21-34/h4,9,16,18-23,26-27H,5-8,10-15,17H2,1-3H3,(H2,34,35)(H,36,37,38)/t22?,23-,26?,27?/m0/s1. The van der Waals surface area contributed by atoms with Crippen molar-refractivity contribution in [3.63, 3.8) is 0 Å². The van der Waals surface area contributed by atoms with Gasteiger partial charge in [-0.25, -0.2) is 9.97 Å². The van der Waals surface area contributed by atoms with Crippen LogP contribution in [0.5, 0.6) is 11.6 Å². The van der Waals surface area contributed by atoms with Crippen LogP contribution in [-0.2, 0) is 9.47 Å². The number of halogens is 1. The molecule has 3 aromatic rings. The van der Waals surface area contributed by atoms with E-state index in [1.54, 1.807) is 25.6 Å². The Hall–Kier alpha value is -3.45. The number of methoxy groups -OCH3 is 1. The molecule has 0 spiro atoms. The van der Waals surface area contributed by atoms with Gasteiger partial charge in [0.25, 0.3) is 5.88 Å². The van der Waals surface area contributed by atoms with Crippen molar-refractivity contribution in [1.29, 1.82) is 0 Å². The zero-order chi connectivity index (χ0) is 31.6. The van der Waals surface area contributed by atoms with Crippen LogP contribution in [0.15, 0.2) is 41.8 Å². The highest BCUT2D eigenvalue weighted by Gasteiger charge is 2.29. The Morgan fingerprint density at radius 3 is 2.51 bits per heavy atom. The van der Waals surface area contributed by atoms with Crippen molar-refractivity contribution in [1.82, 2.24) is 24.6 Å². The molecule has 1 saturated carbocycles. The number of anilines is 2. The Kier molecular flexibility index (Phi) is 11.9. The summed E-state index contributed by atoms with van der Waals surface area (Å²) < 4.78 is 25.1. The third-order valence-corrected chi connectivity index (χ3v) is 8.61. The average molecular weight is 641 g/mol. The fourth-order valence-corrected chi connectivity index (χ4v) is 5.96. The quantitative estimate of drug-likeness (QED) is 0.181. The molecule has 2 fully saturated rings. The van der Waals surface area contributed by atoms with E-state index in [0.717, 1.165) is 75.2 Å². The lowest BCUT2D eigenvalue weighted by molar-refractivity contribution is 0.00500. The molecular weight excluding hydrogens is 596 g/mol. The smallest absolute Gasteiger partial charge is 0.257 e. The maximum atomic E-state index is 6.39. The molecule has 2 aliphatic rings. The van der Waals surface area contributed by atoms with Crippen molar-refractivity contribution >= 4 is 29.6 Å². The van der Waals surface area contributed by atoms with Gasteiger partial charge in [0.1, 0.15) is 17.5 Å². The molecule has 0 bridgehead atoms. The number of hydrogen-bond acceptors (Lipinski definition) is 10. The second kappa shape index (κ2) is 16.2. The lowest BCUT2D eigenvalue weighted by atomic mass is 9.90. The summed E-state index contributed by atoms with van der Waals surface area (Å²) >= 11 is 6.39. The minimum absolute atomic E-state index is 0.0691. The molecule has 2 aromatic heterocycles. The first-order valence-corrected chi connectivity index (χ1v) is 16.1. The van der Waals surface area contributed by atoms with Crippen LogP contribution >= 0.6 is 11.6 Å². The number of nitrogens with zero attached hydrogens (tertiary/aromatic N) is 6. The van der Waals surface area contributed by atoms with E-state index >= 15 is 0 Å². The zero-order valence-corrected chi connectivity index (χ0v) is 27.2. The van der Waals surface area contributed by atoms with Crippen LogP contribution in [0.25, 0.3) is 11.1 Å². The molecule has 0 amide bonds. The topological polar surface area (TPSA) is 134 Å². The van der Waals surface area contributed by atoms with Crippen LogP contribution in [-0.4, -0.2) is 95.8 Å². The van der Waals surface area contributed by atoms with E-state index < -0.39 is 0 Å². The van der Waals surface area contributed by atoms with Crippen molar-refractivity contribution in [3.8, 4) is 22.8 Å². The SMILES string of the molecule is COCCC(C)Oc1nn(C2CCC(N3CCOCC3)CC2)cc1Nc1ncc(-c2ccc(Cl)c(O[C@@H](C)CN=CN)c2)cn1. The molecule has 1 aliphatic carbocycles. The van der Waals surface area contributed by atoms with Crippen molar-refractivity contribution in [2.45, 2.75) is 70.2 Å². The Morgan fingerprint density at radius 2 is 1.80 bits per heavy atom. The van der Waals surface area contributed by atoms with Crippen molar-refractivity contribution in [3.05, 3.63) is 41.8 Å². The Bertz CT molecular complexity index is 1370. The maximum Gasteiger partial charge on any atom is 0.257 e. The highest BCUT2D eigenvalue weighted by molar-refractivity contribution is 6.32. The van der Waals surface area contributed by atoms with Crippen LogP contribution in [0.2, 0.25) is 5.02 Å². The van der Waals surface area contributed by atoms with Gasteiger partial charge >= 0.3 is 0 Å². The molecular formula is C32H45ClN8O4. The first-order chi connectivity index (χ1) is 21.9. The minimum Gasteiger partial charge on any atom is -0.487 e. The molecule has 0 radical (unpaired) electrons. The number of nitrogens with two attached hydrogens (primary N) is 1. The monoisotopic (exact) mass is 640 g/mol. The number of morpholine rings is 1. The van der Waals surface area contributed by atoms with Gasteiger partial charge in [-0.1, -0.05) is 17.7 Å². The second-order valence-corrected chi connectivity index (χ2v) is 12.1. The lowest BCUT2D eigenvalue weighted by Crippen LogP contribution is -2.45. The van der Waals surface area contributed by atoms with E-state index in [1.807, 2.05) is 32.2 Å². The number of nitrogens with one attached hydrogen (secondary N) is 1. The fourth-order valence-electron chi connectivity index (χ4n) is 5.80. The summed E-state index contributed by atoms with van der Waals surface area (Å²) in [6, 6.07) is 6.52. The first-order valence-electron chi connectivity index (χ1n) is 15.8. The zero-order valence-electron chi connectivity index (χ0n) is 26.4. The summed E-state index contributed by atoms with van der Waals surface area (Å²) in [6.07, 6.45) is 11.8. The van der Waals surface area contributed by atoms with Gasteiger partial charge < -0.3 is 30.0 Å². The van der Waals surface area contributed by atoms with E-state index in [2.05, 4.69) is 29.9 Å². The fraction of sp³-hybridized carbons (Fsp3) is 0.562. The van der Waals surface area contributed by atoms with Gasteiger partial charge in [0.15, 0.2) is 0 Å². The molecule has 1 saturated heterocycles. The summed E-state index contributed by atoms with van der Waals surface area (Å²) in [7, 11) is 1.69. The maximum absolute atomic E-state index is 6.39. The Balaban J connectivity index is 1.28. The van der Waals surface area contributed by atoms with Crippen LogP contribution in [0.4, 0.5) is 11.6 Å². The van der Waals surface area contributed by atoms with Gasteiger partial charge in [-0.15, -0.1) is 5.10 Å². The van der Waals surface area contributed by atoms with Gasteiger partial charge in [-0.3, -0.25) is 14.6 Å². The van der Waals surface area contributed by atoms with Gasteiger partial charge in [-0.2, -0.15) is 0 Å². The average Bonchev–Trinajstić information content (AvgIpc) is 3.46. The number of aromatic nitrogens is 4. The predicted molar refractivity (Wildman–Crippen MR) is 176 cm³/mol. The Morgan fingerprint density at radius 1 is 1.07 bits per heavy atom. The summed E-state index contributed by atoms with van der Waals surface area (Å²) in [4.78, 5) is 15.8. The first kappa shape index (κ1) is 32.9. The molecule has 1 aliphatic heterocycles. The minimum atomic E-state index is -0.185. The number of benzene rings is 1. The van der Waals surface area contributed by atoms with Crippen LogP contribution in [0.3, 0.4) is 0 Å². The molecule has 3 heterocycles. The largest absolute Gasteiger partial charge is 0.487 e. The van der Waals surface area contributed by atoms with Gasteiger partial charge in [0.05, 0.1) is 49.5 Å². The molecule has 45 heavy (non-hydrogen) atoms. The number of aliphatic imine (C=N–C) groups is 1. The van der Waals surface area contributed by atoms with Gasteiger partial charge in [0, 0.05) is 57.2 Å². The normalized spacial score (nSPS) is 20.6. The van der Waals surface area contributed by atoms with Crippen molar-refractivity contribution in [2.24, 2.45) is 10.7 Å². The van der Waals surface area contributed by atoms with Crippen LogP contribution < -0.4 is 20.5 Å². The van der Waals surface area contributed by atoms with Gasteiger partial charge in [-0.05, 0) is 57.2 Å². The van der Waals surface area contributed by atoms with E-state index in [-0.39, 0.29) is 12.2 Å². The number of rotatable bonds is 14. The molecule has 1 aromatic carbocycles. The predicted octanol–water partition coefficient (Wildman–Crippen LogP) is 5.11. The molecule has 2 atom stereocenters. The highest BCUT2D eigenvalue weighted by Crippen LogP contribution is 2.36. The summed E-state index contributed by atoms with van der Waals surface area (Å²) in [5.41, 5.74) is 7.80. The third kappa shape index (κ3) is 9.06. The van der Waals surface area contributed by atoms with Crippen LogP contribution in [0, 0.1) is 0 Å². The molecule has 244 valence electrons. The molecule has 13 heteroatoms. The van der Waals surface area contributed by atoms with Crippen molar-refractivity contribution in [2.75, 3.05) is 51.9 Å². The summed E-state index contributed by atoms with van der Waals surface area (Å²) in [5.74, 6) is 1.54. The van der Waals surface area contributed by atoms with E-state index in [9.17, 15) is 0 Å². The van der Waals surface area contributed by atoms with E-state index in [1.165, 1.54) is 6.34 Å². The molecule has 3 N–H and O–H groups in total. The van der Waals surface area contributed by atoms with Gasteiger partial charge in [0.2, 0.25) is 5.95 Å². The van der Waals surface area contributed by atoms with Crippen LogP contribution in [0.1, 0.15) is 52.0 Å². The van der Waals surface area contributed by atoms with E-state index in [0.29, 0.717) is 47.8 Å². The van der Waals surface area contributed by atoms with Crippen molar-refractivity contribution < 1.29 is 18.9 Å². The molecule has 12 nitrogen and oxygen atoms in total. The van der Waals surface area contributed by atoms with E-state index in [4.69, 9.17) is 41.4 Å². The third-order valence-electron chi connectivity index (χ3n) is 8.30. The molecule has 1 unspecified atom stereocenters. The second-order valence-electron chi connectivity index (χ2n) is 11.7.